The summed E-state index contributed by atoms with van der Waals surface area (Å²) in [4.78, 5) is 30.2. The maximum atomic E-state index is 13.3. The number of nitrogens with zero attached hydrogens (tertiary/aromatic N) is 3. The molecule has 0 unspecified atom stereocenters. The number of benzene rings is 1. The van der Waals surface area contributed by atoms with Crippen molar-refractivity contribution < 1.29 is 23.0 Å². The van der Waals surface area contributed by atoms with Crippen LogP contribution in [0.15, 0.2) is 29.1 Å². The highest BCUT2D eigenvalue weighted by Crippen LogP contribution is 2.24. The fourth-order valence-corrected chi connectivity index (χ4v) is 2.95. The van der Waals surface area contributed by atoms with Crippen LogP contribution in [0.1, 0.15) is 32.8 Å². The lowest BCUT2D eigenvalue weighted by Crippen LogP contribution is -2.44. The second kappa shape index (κ2) is 8.18. The molecule has 1 aliphatic heterocycles. The van der Waals surface area contributed by atoms with Crippen LogP contribution in [0.25, 0.3) is 0 Å². The number of anilines is 1. The molecule has 9 heteroatoms. The van der Waals surface area contributed by atoms with Crippen molar-refractivity contribution in [2.45, 2.75) is 45.8 Å². The van der Waals surface area contributed by atoms with E-state index in [1.165, 1.54) is 21.6 Å². The van der Waals surface area contributed by atoms with Crippen molar-refractivity contribution >= 4 is 11.9 Å². The van der Waals surface area contributed by atoms with E-state index in [0.29, 0.717) is 37.3 Å². The van der Waals surface area contributed by atoms with Crippen molar-refractivity contribution in [3.05, 3.63) is 51.9 Å². The molecule has 0 radical (unpaired) electrons. The lowest BCUT2D eigenvalue weighted by atomic mass is 10.1. The zero-order chi connectivity index (χ0) is 21.2. The summed E-state index contributed by atoms with van der Waals surface area (Å²) >= 11 is 0. The van der Waals surface area contributed by atoms with E-state index >= 15 is 0 Å². The molecule has 0 fully saturated rings. The van der Waals surface area contributed by atoms with Gasteiger partial charge in [-0.2, -0.15) is 4.98 Å². The van der Waals surface area contributed by atoms with Gasteiger partial charge in [-0.25, -0.2) is 18.4 Å². The number of fused-ring (bicyclic) bond motifs is 1. The van der Waals surface area contributed by atoms with Gasteiger partial charge in [0.25, 0.3) is 0 Å². The van der Waals surface area contributed by atoms with Gasteiger partial charge in [0, 0.05) is 25.6 Å². The fraction of sp³-hybridized carbons (Fsp3) is 0.450. The third-order valence-electron chi connectivity index (χ3n) is 4.24. The third kappa shape index (κ3) is 5.10. The monoisotopic (exact) mass is 407 g/mol. The molecule has 0 spiro atoms. The Kier molecular flexibility index (Phi) is 5.86. The van der Waals surface area contributed by atoms with Crippen molar-refractivity contribution in [3.63, 3.8) is 0 Å². The largest absolute Gasteiger partial charge is 0.477 e. The van der Waals surface area contributed by atoms with Crippen molar-refractivity contribution in [1.29, 1.82) is 0 Å². The van der Waals surface area contributed by atoms with Crippen LogP contribution in [0.3, 0.4) is 0 Å². The van der Waals surface area contributed by atoms with Crippen molar-refractivity contribution in [3.8, 4) is 5.88 Å². The Morgan fingerprint density at radius 2 is 1.93 bits per heavy atom. The summed E-state index contributed by atoms with van der Waals surface area (Å²) in [7, 11) is 0. The van der Waals surface area contributed by atoms with Crippen LogP contribution in [0.5, 0.6) is 5.88 Å². The number of aromatic nitrogens is 2. The number of hydrogen-bond donors (Lipinski definition) is 0. The Labute approximate surface area is 166 Å². The molecule has 7 nitrogen and oxygen atoms in total. The van der Waals surface area contributed by atoms with Crippen molar-refractivity contribution in [1.82, 2.24) is 9.55 Å². The first-order chi connectivity index (χ1) is 13.6. The molecule has 0 N–H and O–H groups in total. The molecule has 1 aromatic carbocycles. The molecule has 156 valence electrons. The van der Waals surface area contributed by atoms with Gasteiger partial charge in [0.2, 0.25) is 5.88 Å². The number of carbonyl (C=O) groups excluding carboxylic acids is 1. The van der Waals surface area contributed by atoms with Gasteiger partial charge in [0.15, 0.2) is 11.6 Å². The van der Waals surface area contributed by atoms with Crippen molar-refractivity contribution in [2.75, 3.05) is 18.1 Å². The van der Waals surface area contributed by atoms with Crippen LogP contribution in [0.4, 0.5) is 19.4 Å². The highest BCUT2D eigenvalue weighted by atomic mass is 19.2. The number of amides is 1. The fourth-order valence-electron chi connectivity index (χ4n) is 2.95. The SMILES string of the molecule is CC(C)(C)OC(=O)N1CCCn2c1cc(OCCc1ccc(F)c(F)c1)nc2=O. The highest BCUT2D eigenvalue weighted by Gasteiger charge is 2.29. The van der Waals surface area contributed by atoms with Crippen LogP contribution < -0.4 is 15.3 Å². The first-order valence-corrected chi connectivity index (χ1v) is 9.33. The molecule has 2 aromatic rings. The Hall–Kier alpha value is -2.97. The number of rotatable bonds is 4. The van der Waals surface area contributed by atoms with Crippen LogP contribution in [-0.4, -0.2) is 34.4 Å². The van der Waals surface area contributed by atoms with Crippen molar-refractivity contribution in [2.24, 2.45) is 0 Å². The molecule has 0 bridgehead atoms. The second-order valence-corrected chi connectivity index (χ2v) is 7.72. The Morgan fingerprint density at radius 3 is 2.62 bits per heavy atom. The molecular formula is C20H23F2N3O4. The highest BCUT2D eigenvalue weighted by molar-refractivity contribution is 5.87. The van der Waals surface area contributed by atoms with Crippen LogP contribution in [0, 0.1) is 11.6 Å². The smallest absolute Gasteiger partial charge is 0.415 e. The van der Waals surface area contributed by atoms with Gasteiger partial charge in [0.1, 0.15) is 11.4 Å². The van der Waals surface area contributed by atoms with Crippen LogP contribution >= 0.6 is 0 Å². The lowest BCUT2D eigenvalue weighted by Gasteiger charge is -2.32. The Morgan fingerprint density at radius 1 is 1.17 bits per heavy atom. The van der Waals surface area contributed by atoms with Crippen LogP contribution in [-0.2, 0) is 17.7 Å². The third-order valence-corrected chi connectivity index (χ3v) is 4.24. The van der Waals surface area contributed by atoms with Gasteiger partial charge in [0.05, 0.1) is 6.61 Å². The first-order valence-electron chi connectivity index (χ1n) is 9.33. The predicted molar refractivity (Wildman–Crippen MR) is 102 cm³/mol. The molecule has 0 atom stereocenters. The normalized spacial score (nSPS) is 13.8. The average molecular weight is 407 g/mol. The number of hydrogen-bond acceptors (Lipinski definition) is 5. The summed E-state index contributed by atoms with van der Waals surface area (Å²) in [6, 6.07) is 5.11. The lowest BCUT2D eigenvalue weighted by molar-refractivity contribution is 0.0572. The summed E-state index contributed by atoms with van der Waals surface area (Å²) in [5.41, 5.74) is -0.649. The summed E-state index contributed by atoms with van der Waals surface area (Å²) in [5, 5.41) is 0. The Bertz CT molecular complexity index is 969. The van der Waals surface area contributed by atoms with E-state index in [4.69, 9.17) is 9.47 Å². The molecular weight excluding hydrogens is 384 g/mol. The standard InChI is InChI=1S/C20H23F2N3O4/c1-20(2,3)29-19(27)25-9-4-8-24-17(25)12-16(23-18(24)26)28-10-7-13-5-6-14(21)15(22)11-13/h5-6,11-12H,4,7-10H2,1-3H3. The summed E-state index contributed by atoms with van der Waals surface area (Å²) in [6.07, 6.45) is 0.348. The molecule has 1 aliphatic rings. The number of carbonyl (C=O) groups is 1. The molecule has 0 aliphatic carbocycles. The molecule has 0 saturated heterocycles. The van der Waals surface area contributed by atoms with Crippen LogP contribution in [0.2, 0.25) is 0 Å². The summed E-state index contributed by atoms with van der Waals surface area (Å²) in [5.74, 6) is -1.44. The molecule has 29 heavy (non-hydrogen) atoms. The minimum absolute atomic E-state index is 0.0549. The maximum Gasteiger partial charge on any atom is 0.415 e. The van der Waals surface area contributed by atoms with Gasteiger partial charge < -0.3 is 9.47 Å². The zero-order valence-electron chi connectivity index (χ0n) is 16.6. The summed E-state index contributed by atoms with van der Waals surface area (Å²) < 4.78 is 38.6. The van der Waals surface area contributed by atoms with Gasteiger partial charge in [-0.15, -0.1) is 0 Å². The quantitative estimate of drug-likeness (QED) is 0.778. The minimum atomic E-state index is -0.930. The Balaban J connectivity index is 1.75. The predicted octanol–water partition coefficient (Wildman–Crippen LogP) is 3.29. The maximum absolute atomic E-state index is 13.3. The number of halogens is 2. The van der Waals surface area contributed by atoms with E-state index in [1.54, 1.807) is 20.8 Å². The molecule has 0 saturated carbocycles. The van der Waals surface area contributed by atoms with E-state index in [-0.39, 0.29) is 12.5 Å². The van der Waals surface area contributed by atoms with E-state index in [2.05, 4.69) is 4.98 Å². The number of ether oxygens (including phenoxy) is 2. The van der Waals surface area contributed by atoms with E-state index < -0.39 is 29.0 Å². The average Bonchev–Trinajstić information content (AvgIpc) is 2.63. The van der Waals surface area contributed by atoms with Gasteiger partial charge in [-0.1, -0.05) is 6.07 Å². The minimum Gasteiger partial charge on any atom is -0.477 e. The van der Waals surface area contributed by atoms with Gasteiger partial charge in [-0.3, -0.25) is 9.47 Å². The molecule has 3 rings (SSSR count). The van der Waals surface area contributed by atoms with Gasteiger partial charge >= 0.3 is 11.8 Å². The first kappa shape index (κ1) is 20.8. The molecule has 1 amide bonds. The van der Waals surface area contributed by atoms with E-state index in [0.717, 1.165) is 12.1 Å². The van der Waals surface area contributed by atoms with Gasteiger partial charge in [-0.05, 0) is 44.9 Å². The van der Waals surface area contributed by atoms with E-state index in [1.807, 2.05) is 0 Å². The second-order valence-electron chi connectivity index (χ2n) is 7.72. The molecule has 2 heterocycles. The zero-order valence-corrected chi connectivity index (χ0v) is 16.6. The molecule has 1 aromatic heterocycles. The van der Waals surface area contributed by atoms with E-state index in [9.17, 15) is 18.4 Å². The summed E-state index contributed by atoms with van der Waals surface area (Å²) in [6.45, 7) is 6.25. The topological polar surface area (TPSA) is 73.7 Å².